The van der Waals surface area contributed by atoms with Crippen LogP contribution < -0.4 is 5.73 Å². The molecule has 0 aliphatic heterocycles. The molecule has 0 saturated carbocycles. The molecule has 0 amide bonds. The molecule has 4 heteroatoms. The maximum Gasteiger partial charge on any atom is 0.0740 e. The number of hydrogen-bond acceptors (Lipinski definition) is 3. The number of hydrogen-bond donors (Lipinski definition) is 1. The van der Waals surface area contributed by atoms with Gasteiger partial charge in [0, 0.05) is 32.7 Å². The van der Waals surface area contributed by atoms with Gasteiger partial charge in [0.05, 0.1) is 11.6 Å². The van der Waals surface area contributed by atoms with E-state index < -0.39 is 0 Å². The predicted octanol–water partition coefficient (Wildman–Crippen LogP) is 1.41. The zero-order valence-electron chi connectivity index (χ0n) is 9.45. The molecule has 1 atom stereocenters. The maximum atomic E-state index is 5.48. The van der Waals surface area contributed by atoms with Crippen LogP contribution in [0.5, 0.6) is 0 Å². The maximum absolute atomic E-state index is 5.48. The van der Waals surface area contributed by atoms with Gasteiger partial charge >= 0.3 is 0 Å². The van der Waals surface area contributed by atoms with Crippen molar-refractivity contribution < 1.29 is 4.74 Å². The molecular weight excluding hydrogens is 196 g/mol. The summed E-state index contributed by atoms with van der Waals surface area (Å²) >= 11 is 4.87. The summed E-state index contributed by atoms with van der Waals surface area (Å²) in [5, 5.41) is 0. The summed E-state index contributed by atoms with van der Waals surface area (Å²) in [7, 11) is 1.72. The van der Waals surface area contributed by atoms with Gasteiger partial charge in [-0.3, -0.25) is 4.90 Å². The molecule has 14 heavy (non-hydrogen) atoms. The summed E-state index contributed by atoms with van der Waals surface area (Å²) in [6.07, 6.45) is 1.93. The summed E-state index contributed by atoms with van der Waals surface area (Å²) in [5.41, 5.74) is 5.48. The van der Waals surface area contributed by atoms with Gasteiger partial charge in [0.2, 0.25) is 0 Å². The smallest absolute Gasteiger partial charge is 0.0740 e. The van der Waals surface area contributed by atoms with E-state index in [1.54, 1.807) is 7.11 Å². The van der Waals surface area contributed by atoms with Crippen molar-refractivity contribution in [3.8, 4) is 0 Å². The van der Waals surface area contributed by atoms with E-state index in [0.29, 0.717) is 11.0 Å². The van der Waals surface area contributed by atoms with Crippen LogP contribution in [0.3, 0.4) is 0 Å². The van der Waals surface area contributed by atoms with E-state index in [9.17, 15) is 0 Å². The molecule has 3 nitrogen and oxygen atoms in total. The zero-order valence-corrected chi connectivity index (χ0v) is 10.3. The zero-order chi connectivity index (χ0) is 11.0. The molecule has 84 valence electrons. The molecule has 0 fully saturated rings. The molecule has 0 aromatic heterocycles. The highest BCUT2D eigenvalue weighted by molar-refractivity contribution is 7.80. The van der Waals surface area contributed by atoms with Crippen molar-refractivity contribution in [3.05, 3.63) is 0 Å². The van der Waals surface area contributed by atoms with E-state index in [1.165, 1.54) is 0 Å². The topological polar surface area (TPSA) is 38.5 Å². The Morgan fingerprint density at radius 3 is 2.57 bits per heavy atom. The highest BCUT2D eigenvalue weighted by atomic mass is 32.1. The van der Waals surface area contributed by atoms with Crippen molar-refractivity contribution in [2.24, 2.45) is 5.73 Å². The first-order valence-electron chi connectivity index (χ1n) is 5.13. The first-order chi connectivity index (χ1) is 6.61. The van der Waals surface area contributed by atoms with Gasteiger partial charge in [-0.2, -0.15) is 0 Å². The normalized spacial score (nSPS) is 13.1. The molecule has 0 heterocycles. The fraction of sp³-hybridized carbons (Fsp3) is 0.900. The van der Waals surface area contributed by atoms with E-state index >= 15 is 0 Å². The van der Waals surface area contributed by atoms with E-state index in [1.807, 2.05) is 0 Å². The van der Waals surface area contributed by atoms with Crippen molar-refractivity contribution in [3.63, 3.8) is 0 Å². The van der Waals surface area contributed by atoms with Crippen LogP contribution in [0.2, 0.25) is 0 Å². The predicted molar refractivity (Wildman–Crippen MR) is 64.6 cm³/mol. The lowest BCUT2D eigenvalue weighted by atomic mass is 10.2. The molecule has 0 aliphatic rings. The first-order valence-corrected chi connectivity index (χ1v) is 5.53. The Balaban J connectivity index is 3.89. The van der Waals surface area contributed by atoms with Crippen molar-refractivity contribution in [1.29, 1.82) is 0 Å². The van der Waals surface area contributed by atoms with Gasteiger partial charge in [0.25, 0.3) is 0 Å². The average Bonchev–Trinajstić information content (AvgIpc) is 2.16. The van der Waals surface area contributed by atoms with Crippen molar-refractivity contribution in [1.82, 2.24) is 4.90 Å². The molecule has 0 spiro atoms. The molecule has 0 aliphatic carbocycles. The van der Waals surface area contributed by atoms with Gasteiger partial charge in [-0.05, 0) is 13.3 Å². The van der Waals surface area contributed by atoms with E-state index in [-0.39, 0.29) is 0 Å². The van der Waals surface area contributed by atoms with Gasteiger partial charge in [0.1, 0.15) is 0 Å². The number of nitrogens with two attached hydrogens (primary N) is 1. The van der Waals surface area contributed by atoms with Crippen LogP contribution in [0, 0.1) is 0 Å². The molecule has 0 saturated heterocycles. The number of thiocarbonyl (C=S) groups is 1. The third kappa shape index (κ3) is 6.29. The van der Waals surface area contributed by atoms with Gasteiger partial charge in [-0.25, -0.2) is 0 Å². The Morgan fingerprint density at radius 2 is 2.14 bits per heavy atom. The second-order valence-electron chi connectivity index (χ2n) is 3.50. The summed E-state index contributed by atoms with van der Waals surface area (Å²) < 4.78 is 5.07. The Hall–Kier alpha value is -0.190. The number of methoxy groups -OCH3 is 1. The summed E-state index contributed by atoms with van der Waals surface area (Å²) in [5.74, 6) is 0. The van der Waals surface area contributed by atoms with Crippen molar-refractivity contribution in [2.75, 3.05) is 26.8 Å². The molecule has 0 aromatic carbocycles. The third-order valence-electron chi connectivity index (χ3n) is 2.44. The van der Waals surface area contributed by atoms with Crippen LogP contribution >= 0.6 is 12.2 Å². The van der Waals surface area contributed by atoms with Gasteiger partial charge < -0.3 is 10.5 Å². The highest BCUT2D eigenvalue weighted by Gasteiger charge is 2.11. The minimum absolute atomic E-state index is 0.569. The van der Waals surface area contributed by atoms with Crippen LogP contribution in [0.4, 0.5) is 0 Å². The minimum atomic E-state index is 0.569. The van der Waals surface area contributed by atoms with Crippen LogP contribution in [-0.2, 0) is 4.74 Å². The molecule has 1 unspecified atom stereocenters. The van der Waals surface area contributed by atoms with Crippen LogP contribution in [-0.4, -0.2) is 42.7 Å². The number of ether oxygens (including phenoxy) is 1. The molecule has 0 aromatic rings. The molecule has 0 bridgehead atoms. The van der Waals surface area contributed by atoms with Gasteiger partial charge in [-0.1, -0.05) is 19.1 Å². The van der Waals surface area contributed by atoms with Crippen LogP contribution in [0.15, 0.2) is 0 Å². The molecule has 0 rings (SSSR count). The van der Waals surface area contributed by atoms with E-state index in [4.69, 9.17) is 22.7 Å². The summed E-state index contributed by atoms with van der Waals surface area (Å²) in [6.45, 7) is 7.06. The fourth-order valence-corrected chi connectivity index (χ4v) is 1.36. The summed E-state index contributed by atoms with van der Waals surface area (Å²) in [6, 6.07) is 0.569. The Morgan fingerprint density at radius 1 is 1.50 bits per heavy atom. The van der Waals surface area contributed by atoms with Crippen LogP contribution in [0.25, 0.3) is 0 Å². The Kier molecular flexibility index (Phi) is 8.04. The number of nitrogens with zero attached hydrogens (tertiary/aromatic N) is 1. The quantitative estimate of drug-likeness (QED) is 0.625. The second kappa shape index (κ2) is 8.15. The summed E-state index contributed by atoms with van der Waals surface area (Å²) in [4.78, 5) is 2.96. The van der Waals surface area contributed by atoms with Crippen molar-refractivity contribution in [2.45, 2.75) is 32.7 Å². The van der Waals surface area contributed by atoms with Gasteiger partial charge in [-0.15, -0.1) is 0 Å². The van der Waals surface area contributed by atoms with Crippen molar-refractivity contribution >= 4 is 17.2 Å². The van der Waals surface area contributed by atoms with Crippen LogP contribution in [0.1, 0.15) is 26.7 Å². The Bertz CT molecular complexity index is 164. The molecule has 2 N–H and O–H groups in total. The standard InChI is InChI=1S/C10H22N2OS/c1-4-9(2)12(7-8-13-3)6-5-10(11)14/h9H,4-8H2,1-3H3,(H2,11,14). The lowest BCUT2D eigenvalue weighted by Gasteiger charge is -2.27. The van der Waals surface area contributed by atoms with E-state index in [2.05, 4.69) is 18.7 Å². The minimum Gasteiger partial charge on any atom is -0.393 e. The average molecular weight is 218 g/mol. The fourth-order valence-electron chi connectivity index (χ4n) is 1.27. The Labute approximate surface area is 92.6 Å². The number of rotatable bonds is 8. The second-order valence-corrected chi connectivity index (χ2v) is 4.03. The lowest BCUT2D eigenvalue weighted by Crippen LogP contribution is -2.37. The molecular formula is C10H22N2OS. The highest BCUT2D eigenvalue weighted by Crippen LogP contribution is 2.04. The largest absolute Gasteiger partial charge is 0.393 e. The molecule has 0 radical (unpaired) electrons. The van der Waals surface area contributed by atoms with E-state index in [0.717, 1.165) is 32.5 Å². The third-order valence-corrected chi connectivity index (χ3v) is 2.65. The SMILES string of the molecule is CCC(C)N(CCOC)CCC(N)=S. The lowest BCUT2D eigenvalue weighted by molar-refractivity contribution is 0.125. The first kappa shape index (κ1) is 13.8. The van der Waals surface area contributed by atoms with Gasteiger partial charge in [0.15, 0.2) is 0 Å². The monoisotopic (exact) mass is 218 g/mol.